The number of fused-ring (bicyclic) bond motifs is 2. The van der Waals surface area contributed by atoms with Crippen LogP contribution in [0.25, 0.3) is 38.9 Å². The maximum absolute atomic E-state index is 14.1. The Labute approximate surface area is 190 Å². The molecular formula is C25H22ClN5O. The first-order valence-corrected chi connectivity index (χ1v) is 10.6. The van der Waals surface area contributed by atoms with Gasteiger partial charge in [0, 0.05) is 32.2 Å². The van der Waals surface area contributed by atoms with Crippen LogP contribution in [0.3, 0.4) is 0 Å². The molecule has 0 saturated carbocycles. The quantitative estimate of drug-likeness (QED) is 0.395. The van der Waals surface area contributed by atoms with Crippen LogP contribution in [0, 0.1) is 6.92 Å². The van der Waals surface area contributed by atoms with Crippen LogP contribution >= 0.6 is 11.6 Å². The highest BCUT2D eigenvalue weighted by atomic mass is 35.5. The molecule has 5 rings (SSSR count). The standard InChI is InChI=1S/C25H22ClN5O/c1-15-9-11-17-23(29(2)3)22(16-10-12-19-21(13-16)30(4)14-27-19)25(32)31(24(17)28-15)20-8-6-5-7-18(20)26/h5-14H,1-4H3. The Balaban J connectivity index is 1.99. The van der Waals surface area contributed by atoms with E-state index in [0.29, 0.717) is 21.9 Å². The Bertz CT molecular complexity index is 1560. The van der Waals surface area contributed by atoms with E-state index in [9.17, 15) is 4.79 Å². The molecule has 3 heterocycles. The number of aryl methyl sites for hydroxylation is 2. The molecule has 0 aliphatic carbocycles. The number of benzene rings is 2. The average Bonchev–Trinajstić information content (AvgIpc) is 3.14. The zero-order valence-electron chi connectivity index (χ0n) is 18.3. The predicted molar refractivity (Wildman–Crippen MR) is 131 cm³/mol. The van der Waals surface area contributed by atoms with Gasteiger partial charge in [0.05, 0.1) is 39.3 Å². The fourth-order valence-electron chi connectivity index (χ4n) is 4.21. The molecule has 0 spiro atoms. The highest BCUT2D eigenvalue weighted by Gasteiger charge is 2.23. The van der Waals surface area contributed by atoms with Crippen molar-refractivity contribution < 1.29 is 0 Å². The van der Waals surface area contributed by atoms with Gasteiger partial charge in [-0.15, -0.1) is 0 Å². The van der Waals surface area contributed by atoms with E-state index in [1.807, 2.05) is 86.1 Å². The van der Waals surface area contributed by atoms with E-state index in [0.717, 1.165) is 33.4 Å². The molecule has 0 radical (unpaired) electrons. The number of halogens is 1. The van der Waals surface area contributed by atoms with Gasteiger partial charge in [0.25, 0.3) is 5.56 Å². The molecule has 6 nitrogen and oxygen atoms in total. The molecule has 0 fully saturated rings. The Morgan fingerprint density at radius 2 is 1.81 bits per heavy atom. The summed E-state index contributed by atoms with van der Waals surface area (Å²) in [6.45, 7) is 1.92. The Morgan fingerprint density at radius 3 is 2.56 bits per heavy atom. The predicted octanol–water partition coefficient (Wildman–Crippen LogP) is 4.97. The first-order chi connectivity index (χ1) is 15.4. The van der Waals surface area contributed by atoms with Gasteiger partial charge in [-0.25, -0.2) is 9.97 Å². The van der Waals surface area contributed by atoms with Crippen LogP contribution < -0.4 is 10.5 Å². The number of hydrogen-bond donors (Lipinski definition) is 0. The largest absolute Gasteiger partial charge is 0.376 e. The topological polar surface area (TPSA) is 56.0 Å². The molecule has 160 valence electrons. The number of aromatic nitrogens is 4. The second-order valence-electron chi connectivity index (χ2n) is 8.09. The smallest absolute Gasteiger partial charge is 0.266 e. The summed E-state index contributed by atoms with van der Waals surface area (Å²) in [6, 6.07) is 17.2. The second kappa shape index (κ2) is 7.50. The summed E-state index contributed by atoms with van der Waals surface area (Å²) in [7, 11) is 5.83. The third kappa shape index (κ3) is 3.07. The van der Waals surface area contributed by atoms with Crippen LogP contribution in [0.2, 0.25) is 5.02 Å². The average molecular weight is 444 g/mol. The van der Waals surface area contributed by atoms with Gasteiger partial charge in [0.2, 0.25) is 0 Å². The van der Waals surface area contributed by atoms with Crippen LogP contribution in [-0.2, 0) is 7.05 Å². The van der Waals surface area contributed by atoms with Crippen molar-refractivity contribution in [1.82, 2.24) is 19.1 Å². The normalized spacial score (nSPS) is 11.4. The van der Waals surface area contributed by atoms with Crippen LogP contribution in [0.1, 0.15) is 5.69 Å². The summed E-state index contributed by atoms with van der Waals surface area (Å²) in [5.74, 6) is 0. The maximum Gasteiger partial charge on any atom is 0.266 e. The molecular weight excluding hydrogens is 422 g/mol. The first-order valence-electron chi connectivity index (χ1n) is 10.3. The molecule has 0 unspecified atom stereocenters. The van der Waals surface area contributed by atoms with E-state index in [-0.39, 0.29) is 5.56 Å². The van der Waals surface area contributed by atoms with E-state index in [1.54, 1.807) is 17.0 Å². The summed E-state index contributed by atoms with van der Waals surface area (Å²) < 4.78 is 3.58. The highest BCUT2D eigenvalue weighted by Crippen LogP contribution is 2.36. The number of nitrogens with zero attached hydrogens (tertiary/aromatic N) is 5. The molecule has 0 atom stereocenters. The van der Waals surface area contributed by atoms with Gasteiger partial charge >= 0.3 is 0 Å². The van der Waals surface area contributed by atoms with Gasteiger partial charge in [-0.3, -0.25) is 9.36 Å². The molecule has 0 saturated heterocycles. The van der Waals surface area contributed by atoms with Crippen LogP contribution in [0.5, 0.6) is 0 Å². The van der Waals surface area contributed by atoms with Crippen LogP contribution in [-0.4, -0.2) is 33.2 Å². The van der Waals surface area contributed by atoms with E-state index < -0.39 is 0 Å². The Kier molecular flexibility index (Phi) is 4.75. The van der Waals surface area contributed by atoms with E-state index in [4.69, 9.17) is 16.6 Å². The summed E-state index contributed by atoms with van der Waals surface area (Å²) in [6.07, 6.45) is 1.77. The summed E-state index contributed by atoms with van der Waals surface area (Å²) in [4.78, 5) is 25.3. The van der Waals surface area contributed by atoms with E-state index >= 15 is 0 Å². The monoisotopic (exact) mass is 443 g/mol. The molecule has 7 heteroatoms. The van der Waals surface area contributed by atoms with Crippen molar-refractivity contribution in [3.63, 3.8) is 0 Å². The van der Waals surface area contributed by atoms with Crippen LogP contribution in [0.4, 0.5) is 5.69 Å². The zero-order chi connectivity index (χ0) is 22.6. The van der Waals surface area contributed by atoms with E-state index in [2.05, 4.69) is 4.98 Å². The third-order valence-corrected chi connectivity index (χ3v) is 6.01. The number of anilines is 1. The molecule has 3 aromatic heterocycles. The van der Waals surface area contributed by atoms with Crippen molar-refractivity contribution in [3.8, 4) is 16.8 Å². The number of imidazole rings is 1. The van der Waals surface area contributed by atoms with Crippen molar-refractivity contribution in [2.24, 2.45) is 7.05 Å². The number of para-hydroxylation sites is 1. The lowest BCUT2D eigenvalue weighted by molar-refractivity contribution is 0.947. The lowest BCUT2D eigenvalue weighted by atomic mass is 10.0. The lowest BCUT2D eigenvalue weighted by Crippen LogP contribution is -2.26. The van der Waals surface area contributed by atoms with Gasteiger partial charge < -0.3 is 9.47 Å². The van der Waals surface area contributed by atoms with Crippen molar-refractivity contribution in [2.75, 3.05) is 19.0 Å². The highest BCUT2D eigenvalue weighted by molar-refractivity contribution is 6.32. The summed E-state index contributed by atoms with van der Waals surface area (Å²) >= 11 is 6.55. The third-order valence-electron chi connectivity index (χ3n) is 5.69. The molecule has 0 aliphatic heterocycles. The minimum atomic E-state index is -0.172. The van der Waals surface area contributed by atoms with Crippen molar-refractivity contribution in [3.05, 3.63) is 82.0 Å². The first kappa shape index (κ1) is 20.3. The molecule has 0 N–H and O–H groups in total. The molecule has 0 bridgehead atoms. The molecule has 5 aromatic rings. The minimum Gasteiger partial charge on any atom is -0.376 e. The summed E-state index contributed by atoms with van der Waals surface area (Å²) in [5, 5.41) is 1.37. The minimum absolute atomic E-state index is 0.172. The number of pyridine rings is 2. The molecule has 0 amide bonds. The van der Waals surface area contributed by atoms with Gasteiger partial charge in [-0.05, 0) is 48.9 Å². The van der Waals surface area contributed by atoms with Gasteiger partial charge in [0.15, 0.2) is 0 Å². The van der Waals surface area contributed by atoms with Gasteiger partial charge in [-0.2, -0.15) is 0 Å². The Morgan fingerprint density at radius 1 is 1.03 bits per heavy atom. The Hall–Kier alpha value is -3.64. The van der Waals surface area contributed by atoms with Gasteiger partial charge in [0.1, 0.15) is 5.65 Å². The SMILES string of the molecule is Cc1ccc2c(N(C)C)c(-c3ccc4ncn(C)c4c3)c(=O)n(-c3ccccc3Cl)c2n1. The van der Waals surface area contributed by atoms with Crippen molar-refractivity contribution in [1.29, 1.82) is 0 Å². The number of rotatable bonds is 3. The maximum atomic E-state index is 14.1. The second-order valence-corrected chi connectivity index (χ2v) is 8.50. The molecule has 32 heavy (non-hydrogen) atoms. The fourth-order valence-corrected chi connectivity index (χ4v) is 4.43. The fraction of sp³-hybridized carbons (Fsp3) is 0.160. The summed E-state index contributed by atoms with van der Waals surface area (Å²) in [5.41, 5.74) is 5.91. The van der Waals surface area contributed by atoms with Crippen molar-refractivity contribution >= 4 is 39.4 Å². The molecule has 0 aliphatic rings. The van der Waals surface area contributed by atoms with Crippen LogP contribution in [0.15, 0.2) is 65.7 Å². The van der Waals surface area contributed by atoms with Crippen molar-refractivity contribution in [2.45, 2.75) is 6.92 Å². The molecule has 2 aromatic carbocycles. The lowest BCUT2D eigenvalue weighted by Gasteiger charge is -2.23. The van der Waals surface area contributed by atoms with Gasteiger partial charge in [-0.1, -0.05) is 29.8 Å². The zero-order valence-corrected chi connectivity index (χ0v) is 19.1. The number of hydrogen-bond acceptors (Lipinski definition) is 4. The van der Waals surface area contributed by atoms with E-state index in [1.165, 1.54) is 0 Å².